The van der Waals surface area contributed by atoms with Crippen LogP contribution in [0, 0.1) is 11.7 Å². The molecule has 0 bridgehead atoms. The maximum Gasteiger partial charge on any atom is 0.435 e. The number of hydrogen-bond acceptors (Lipinski definition) is 4. The minimum absolute atomic E-state index is 0.0562. The first-order chi connectivity index (χ1) is 15.7. The topological polar surface area (TPSA) is 80.1 Å². The maximum atomic E-state index is 13.8. The van der Waals surface area contributed by atoms with Gasteiger partial charge in [-0.1, -0.05) is 24.5 Å². The highest BCUT2D eigenvalue weighted by molar-refractivity contribution is 5.93. The lowest BCUT2D eigenvalue weighted by Crippen LogP contribution is -2.48. The third-order valence-corrected chi connectivity index (χ3v) is 6.32. The molecule has 1 N–H and O–H groups in total. The van der Waals surface area contributed by atoms with E-state index in [1.807, 2.05) is 0 Å². The summed E-state index contributed by atoms with van der Waals surface area (Å²) in [6.45, 7) is 0.906. The summed E-state index contributed by atoms with van der Waals surface area (Å²) in [6.07, 6.45) is 1.09. The van der Waals surface area contributed by atoms with Gasteiger partial charge in [0.25, 0.3) is 5.91 Å². The van der Waals surface area contributed by atoms with Gasteiger partial charge in [0, 0.05) is 25.0 Å². The molecule has 0 radical (unpaired) electrons. The first-order valence-electron chi connectivity index (χ1n) is 11.1. The fourth-order valence-electron chi connectivity index (χ4n) is 4.56. The lowest BCUT2D eigenvalue weighted by molar-refractivity contribution is -0.143. The smallest absolute Gasteiger partial charge is 0.348 e. The van der Waals surface area contributed by atoms with Crippen LogP contribution in [0.5, 0.6) is 0 Å². The Morgan fingerprint density at radius 3 is 2.21 bits per heavy atom. The Kier molecular flexibility index (Phi) is 6.66. The van der Waals surface area contributed by atoms with Gasteiger partial charge in [-0.25, -0.2) is 9.07 Å². The number of benzene rings is 1. The van der Waals surface area contributed by atoms with Crippen molar-refractivity contribution in [3.05, 3.63) is 41.5 Å². The van der Waals surface area contributed by atoms with E-state index in [1.54, 1.807) is 4.90 Å². The third-order valence-electron chi connectivity index (χ3n) is 6.32. The second-order valence-electron chi connectivity index (χ2n) is 8.58. The van der Waals surface area contributed by atoms with Crippen molar-refractivity contribution >= 4 is 11.8 Å². The molecule has 2 heterocycles. The molecule has 0 spiro atoms. The van der Waals surface area contributed by atoms with Gasteiger partial charge in [-0.2, -0.15) is 13.2 Å². The van der Waals surface area contributed by atoms with Gasteiger partial charge < -0.3 is 10.2 Å². The molecule has 2 aliphatic rings. The first kappa shape index (κ1) is 23.2. The van der Waals surface area contributed by atoms with Crippen LogP contribution in [0.1, 0.15) is 61.1 Å². The fraction of sp³-hybridized carbons (Fsp3) is 0.545. The average Bonchev–Trinajstić information content (AvgIpc) is 3.26. The molecule has 178 valence electrons. The normalized spacial score (nSPS) is 18.4. The molecular formula is C22H25F4N5O2. The monoisotopic (exact) mass is 467 g/mol. The fourth-order valence-corrected chi connectivity index (χ4v) is 4.56. The first-order valence-corrected chi connectivity index (χ1v) is 11.1. The summed E-state index contributed by atoms with van der Waals surface area (Å²) in [5.74, 6) is -1.40. The van der Waals surface area contributed by atoms with Crippen LogP contribution < -0.4 is 5.32 Å². The molecule has 7 nitrogen and oxygen atoms in total. The van der Waals surface area contributed by atoms with Crippen LogP contribution in [-0.2, 0) is 11.0 Å². The van der Waals surface area contributed by atoms with E-state index < -0.39 is 29.3 Å². The van der Waals surface area contributed by atoms with E-state index in [-0.39, 0.29) is 23.6 Å². The Bertz CT molecular complexity index is 991. The Morgan fingerprint density at radius 1 is 0.970 bits per heavy atom. The van der Waals surface area contributed by atoms with E-state index in [4.69, 9.17) is 0 Å². The predicted octanol–water partition coefficient (Wildman–Crippen LogP) is 3.73. The number of nitrogens with zero attached hydrogens (tertiary/aromatic N) is 4. The molecule has 4 rings (SSSR count). The summed E-state index contributed by atoms with van der Waals surface area (Å²) in [6, 6.07) is 3.88. The van der Waals surface area contributed by atoms with Crippen LogP contribution in [-0.4, -0.2) is 50.8 Å². The second kappa shape index (κ2) is 9.48. The van der Waals surface area contributed by atoms with Crippen molar-refractivity contribution in [3.8, 4) is 5.69 Å². The Balaban J connectivity index is 1.43. The lowest BCUT2D eigenvalue weighted by Gasteiger charge is -2.35. The number of carbonyl (C=O) groups is 2. The molecule has 33 heavy (non-hydrogen) atoms. The molecule has 1 aliphatic carbocycles. The van der Waals surface area contributed by atoms with Crippen LogP contribution in [0.2, 0.25) is 0 Å². The van der Waals surface area contributed by atoms with Crippen molar-refractivity contribution in [3.63, 3.8) is 0 Å². The van der Waals surface area contributed by atoms with Crippen molar-refractivity contribution < 1.29 is 27.2 Å². The summed E-state index contributed by atoms with van der Waals surface area (Å²) < 4.78 is 54.9. The summed E-state index contributed by atoms with van der Waals surface area (Å²) in [5.41, 5.74) is -2.23. The van der Waals surface area contributed by atoms with Crippen LogP contribution in [0.3, 0.4) is 0 Å². The van der Waals surface area contributed by atoms with E-state index in [0.29, 0.717) is 30.6 Å². The van der Waals surface area contributed by atoms with Gasteiger partial charge in [-0.15, -0.1) is 5.10 Å². The number of amides is 2. The van der Waals surface area contributed by atoms with Gasteiger partial charge in [0.1, 0.15) is 5.82 Å². The molecule has 0 unspecified atom stereocenters. The van der Waals surface area contributed by atoms with E-state index in [1.165, 1.54) is 0 Å². The van der Waals surface area contributed by atoms with Gasteiger partial charge in [0.2, 0.25) is 5.91 Å². The van der Waals surface area contributed by atoms with Crippen LogP contribution in [0.15, 0.2) is 24.3 Å². The van der Waals surface area contributed by atoms with Gasteiger partial charge in [-0.05, 0) is 49.9 Å². The van der Waals surface area contributed by atoms with Crippen molar-refractivity contribution in [1.29, 1.82) is 0 Å². The standard InChI is InChI=1S/C22H25F4N5O2/c23-15-6-8-17(9-7-15)31-19(22(24,25)26)18(28-29-31)20(32)27-16-10-12-30(13-11-16)21(33)14-4-2-1-3-5-14/h6-9,14,16H,1-5,10-13H2,(H,27,32). The molecule has 1 saturated carbocycles. The molecule has 1 aromatic heterocycles. The Labute approximate surface area is 188 Å². The summed E-state index contributed by atoms with van der Waals surface area (Å²) >= 11 is 0. The van der Waals surface area contributed by atoms with Gasteiger partial charge >= 0.3 is 6.18 Å². The van der Waals surface area contributed by atoms with Gasteiger partial charge in [0.05, 0.1) is 5.69 Å². The Hall–Kier alpha value is -2.98. The number of halogens is 4. The predicted molar refractivity (Wildman–Crippen MR) is 110 cm³/mol. The van der Waals surface area contributed by atoms with Crippen molar-refractivity contribution in [2.75, 3.05) is 13.1 Å². The minimum Gasteiger partial charge on any atom is -0.348 e. The van der Waals surface area contributed by atoms with Crippen LogP contribution in [0.4, 0.5) is 17.6 Å². The zero-order chi connectivity index (χ0) is 23.6. The second-order valence-corrected chi connectivity index (χ2v) is 8.58. The number of piperidine rings is 1. The molecule has 2 aromatic rings. The van der Waals surface area contributed by atoms with E-state index >= 15 is 0 Å². The minimum atomic E-state index is -4.90. The third kappa shape index (κ3) is 5.17. The van der Waals surface area contributed by atoms with Gasteiger partial charge in [0.15, 0.2) is 11.4 Å². The van der Waals surface area contributed by atoms with Crippen molar-refractivity contribution in [2.45, 2.75) is 57.2 Å². The average molecular weight is 467 g/mol. The number of hydrogen-bond donors (Lipinski definition) is 1. The number of likely N-dealkylation sites (tertiary alicyclic amines) is 1. The highest BCUT2D eigenvalue weighted by Gasteiger charge is 2.42. The molecule has 0 atom stereocenters. The van der Waals surface area contributed by atoms with Crippen LogP contribution in [0.25, 0.3) is 5.69 Å². The Morgan fingerprint density at radius 2 is 1.61 bits per heavy atom. The lowest BCUT2D eigenvalue weighted by atomic mass is 9.87. The molecule has 2 amide bonds. The number of carbonyl (C=O) groups excluding carboxylic acids is 2. The molecule has 11 heteroatoms. The highest BCUT2D eigenvalue weighted by Crippen LogP contribution is 2.33. The molecule has 1 aliphatic heterocycles. The number of aromatic nitrogens is 3. The summed E-state index contributed by atoms with van der Waals surface area (Å²) in [7, 11) is 0. The molecular weight excluding hydrogens is 442 g/mol. The quantitative estimate of drug-likeness (QED) is 0.695. The zero-order valence-corrected chi connectivity index (χ0v) is 17.9. The number of rotatable bonds is 4. The maximum absolute atomic E-state index is 13.8. The van der Waals surface area contributed by atoms with E-state index in [0.717, 1.165) is 56.4 Å². The zero-order valence-electron chi connectivity index (χ0n) is 17.9. The van der Waals surface area contributed by atoms with Crippen molar-refractivity contribution in [1.82, 2.24) is 25.2 Å². The van der Waals surface area contributed by atoms with Gasteiger partial charge in [-0.3, -0.25) is 9.59 Å². The highest BCUT2D eigenvalue weighted by atomic mass is 19.4. The molecule has 1 aromatic carbocycles. The van der Waals surface area contributed by atoms with Crippen molar-refractivity contribution in [2.24, 2.45) is 5.92 Å². The molecule has 1 saturated heterocycles. The largest absolute Gasteiger partial charge is 0.435 e. The SMILES string of the molecule is O=C(NC1CCN(C(=O)C2CCCCC2)CC1)c1nnn(-c2ccc(F)cc2)c1C(F)(F)F. The molecule has 2 fully saturated rings. The number of nitrogens with one attached hydrogen (secondary N) is 1. The summed E-state index contributed by atoms with van der Waals surface area (Å²) in [4.78, 5) is 27.2. The summed E-state index contributed by atoms with van der Waals surface area (Å²) in [5, 5.41) is 9.58. The van der Waals surface area contributed by atoms with E-state index in [9.17, 15) is 27.2 Å². The number of alkyl halides is 3. The van der Waals surface area contributed by atoms with E-state index in [2.05, 4.69) is 15.6 Å². The van der Waals surface area contributed by atoms with Crippen LogP contribution >= 0.6 is 0 Å².